The lowest BCUT2D eigenvalue weighted by molar-refractivity contribution is 0.834. The van der Waals surface area contributed by atoms with Crippen LogP contribution in [0.25, 0.3) is 0 Å². The molecule has 1 fully saturated rings. The van der Waals surface area contributed by atoms with Crippen molar-refractivity contribution in [3.8, 4) is 0 Å². The van der Waals surface area contributed by atoms with E-state index >= 15 is 0 Å². The third-order valence-corrected chi connectivity index (χ3v) is 5.21. The van der Waals surface area contributed by atoms with Gasteiger partial charge in [-0.15, -0.1) is 11.6 Å². The molecular formula is C11H20Cl4. The van der Waals surface area contributed by atoms with Crippen LogP contribution in [0.4, 0.5) is 0 Å². The van der Waals surface area contributed by atoms with Crippen molar-refractivity contribution < 1.29 is 0 Å². The fraction of sp³-hybridized carbons (Fsp3) is 0.818. The van der Waals surface area contributed by atoms with Crippen LogP contribution in [0.1, 0.15) is 35.6 Å². The molecule has 4 heteroatoms. The summed E-state index contributed by atoms with van der Waals surface area (Å²) < 4.78 is -0.790. The van der Waals surface area contributed by atoms with E-state index in [1.165, 1.54) is 0 Å². The second kappa shape index (κ2) is 6.00. The van der Waals surface area contributed by atoms with Crippen molar-refractivity contribution in [1.29, 1.82) is 0 Å². The van der Waals surface area contributed by atoms with Gasteiger partial charge in [0.25, 0.3) is 0 Å². The van der Waals surface area contributed by atoms with Crippen molar-refractivity contribution in [1.82, 2.24) is 0 Å². The molecule has 0 aliphatic heterocycles. The Bertz CT molecular complexity index is 211. The van der Waals surface area contributed by atoms with Crippen LogP contribution in [-0.4, -0.2) is 9.71 Å². The van der Waals surface area contributed by atoms with E-state index in [0.29, 0.717) is 10.4 Å². The smallest absolute Gasteiger partial charge is 0.122 e. The Kier molecular flexibility index (Phi) is 7.31. The van der Waals surface area contributed by atoms with Gasteiger partial charge in [0.15, 0.2) is 4.33 Å². The molecule has 0 saturated heterocycles. The summed E-state index contributed by atoms with van der Waals surface area (Å²) >= 11 is 22.1. The van der Waals surface area contributed by atoms with Gasteiger partial charge < -0.3 is 0 Å². The minimum absolute atomic E-state index is 0. The average molecular weight is 294 g/mol. The molecule has 0 aromatic rings. The second-order valence-corrected chi connectivity index (χ2v) is 5.89. The molecule has 0 N–H and O–H groups in total. The van der Waals surface area contributed by atoms with Crippen molar-refractivity contribution >= 4 is 46.4 Å². The molecule has 0 aromatic carbocycles. The summed E-state index contributed by atoms with van der Waals surface area (Å²) in [5.74, 6) is 1.57. The summed E-state index contributed by atoms with van der Waals surface area (Å²) in [6, 6.07) is 0. The first kappa shape index (κ1) is 18.3. The molecule has 0 bridgehead atoms. The van der Waals surface area contributed by atoms with Gasteiger partial charge >= 0.3 is 0 Å². The number of hydrogen-bond acceptors (Lipinski definition) is 0. The highest BCUT2D eigenvalue weighted by Crippen LogP contribution is 2.54. The normalized spacial score (nSPS) is 34.2. The Hall–Kier alpha value is 0.900. The fourth-order valence-electron chi connectivity index (χ4n) is 0.913. The summed E-state index contributed by atoms with van der Waals surface area (Å²) in [7, 11) is 0. The van der Waals surface area contributed by atoms with Gasteiger partial charge in [-0.1, -0.05) is 63.5 Å². The van der Waals surface area contributed by atoms with Gasteiger partial charge in [-0.25, -0.2) is 0 Å². The SMILES string of the molecule is C.C.CC1=C(Cl)C1(Cl)Cl.CC1C(C)C1Cl. The Labute approximate surface area is 114 Å². The molecule has 0 nitrogen and oxygen atoms in total. The van der Waals surface area contributed by atoms with Crippen molar-refractivity contribution in [2.45, 2.75) is 45.3 Å². The quantitative estimate of drug-likeness (QED) is 0.492. The molecule has 0 heterocycles. The monoisotopic (exact) mass is 292 g/mol. The van der Waals surface area contributed by atoms with Crippen LogP contribution in [0, 0.1) is 11.8 Å². The Morgan fingerprint density at radius 2 is 1.20 bits per heavy atom. The first-order chi connectivity index (χ1) is 5.80. The Balaban J connectivity index is 0. The summed E-state index contributed by atoms with van der Waals surface area (Å²) in [6.07, 6.45) is 0. The lowest BCUT2D eigenvalue weighted by Crippen LogP contribution is -1.86. The van der Waals surface area contributed by atoms with E-state index in [-0.39, 0.29) is 14.9 Å². The van der Waals surface area contributed by atoms with E-state index in [4.69, 9.17) is 46.4 Å². The van der Waals surface area contributed by atoms with Gasteiger partial charge in [-0.2, -0.15) is 0 Å². The largest absolute Gasteiger partial charge is 0.175 e. The zero-order valence-electron chi connectivity index (χ0n) is 7.74. The lowest BCUT2D eigenvalue weighted by atomic mass is 10.4. The van der Waals surface area contributed by atoms with Crippen LogP contribution in [-0.2, 0) is 0 Å². The molecule has 15 heavy (non-hydrogen) atoms. The zero-order valence-corrected chi connectivity index (χ0v) is 10.8. The van der Waals surface area contributed by atoms with Gasteiger partial charge in [0.05, 0.1) is 5.03 Å². The number of hydrogen-bond donors (Lipinski definition) is 0. The minimum Gasteiger partial charge on any atom is -0.122 e. The summed E-state index contributed by atoms with van der Waals surface area (Å²) in [4.78, 5) is 0. The van der Waals surface area contributed by atoms with Crippen LogP contribution in [0.2, 0.25) is 0 Å². The van der Waals surface area contributed by atoms with E-state index in [1.807, 2.05) is 6.92 Å². The lowest BCUT2D eigenvalue weighted by Gasteiger charge is -1.89. The van der Waals surface area contributed by atoms with Crippen LogP contribution in [0.15, 0.2) is 10.6 Å². The van der Waals surface area contributed by atoms with Crippen LogP contribution in [0.3, 0.4) is 0 Å². The summed E-state index contributed by atoms with van der Waals surface area (Å²) in [5.41, 5.74) is 0.873. The first-order valence-electron chi connectivity index (χ1n) is 4.19. The average Bonchev–Trinajstić information content (AvgIpc) is 2.74. The summed E-state index contributed by atoms with van der Waals surface area (Å²) in [6.45, 7) is 6.17. The molecule has 2 aliphatic rings. The number of halogens is 4. The van der Waals surface area contributed by atoms with Gasteiger partial charge in [-0.05, 0) is 24.3 Å². The van der Waals surface area contributed by atoms with E-state index in [1.54, 1.807) is 0 Å². The highest BCUT2D eigenvalue weighted by atomic mass is 35.5. The predicted molar refractivity (Wildman–Crippen MR) is 74.4 cm³/mol. The second-order valence-electron chi connectivity index (χ2n) is 3.68. The third kappa shape index (κ3) is 4.00. The van der Waals surface area contributed by atoms with E-state index < -0.39 is 4.33 Å². The zero-order chi connectivity index (χ0) is 10.4. The predicted octanol–water partition coefficient (Wildman–Crippen LogP) is 5.84. The van der Waals surface area contributed by atoms with E-state index in [2.05, 4.69) is 13.8 Å². The maximum atomic E-state index is 5.69. The van der Waals surface area contributed by atoms with Crippen molar-refractivity contribution in [3.05, 3.63) is 10.6 Å². The highest BCUT2D eigenvalue weighted by molar-refractivity contribution is 6.63. The molecule has 2 rings (SSSR count). The molecule has 0 aromatic heterocycles. The number of allylic oxidation sites excluding steroid dienone is 2. The van der Waals surface area contributed by atoms with Crippen LogP contribution >= 0.6 is 46.4 Å². The molecule has 0 amide bonds. The molecule has 2 atom stereocenters. The van der Waals surface area contributed by atoms with Gasteiger partial charge in [0.2, 0.25) is 0 Å². The van der Waals surface area contributed by atoms with Gasteiger partial charge in [-0.3, -0.25) is 0 Å². The van der Waals surface area contributed by atoms with E-state index in [0.717, 1.165) is 17.4 Å². The maximum absolute atomic E-state index is 5.69. The molecule has 1 saturated carbocycles. The number of rotatable bonds is 0. The van der Waals surface area contributed by atoms with Crippen LogP contribution < -0.4 is 0 Å². The Morgan fingerprint density at radius 1 is 1.07 bits per heavy atom. The number of alkyl halides is 3. The third-order valence-electron chi connectivity index (χ3n) is 2.71. The molecule has 0 spiro atoms. The van der Waals surface area contributed by atoms with Gasteiger partial charge in [0.1, 0.15) is 0 Å². The Morgan fingerprint density at radius 3 is 1.20 bits per heavy atom. The molecule has 0 radical (unpaired) electrons. The molecule has 92 valence electrons. The van der Waals surface area contributed by atoms with Crippen molar-refractivity contribution in [2.75, 3.05) is 0 Å². The topological polar surface area (TPSA) is 0 Å². The fourth-order valence-corrected chi connectivity index (χ4v) is 2.00. The standard InChI is InChI=1S/C5H9Cl.C4H3Cl3.2CH4/c1-3-4(2)5(3)6;1-2-3(5)4(2,6)7;;/h3-5H,1-2H3;1H3;2*1H4. The first-order valence-corrected chi connectivity index (χ1v) is 5.76. The van der Waals surface area contributed by atoms with E-state index in [9.17, 15) is 0 Å². The highest BCUT2D eigenvalue weighted by Gasteiger charge is 2.46. The maximum Gasteiger partial charge on any atom is 0.175 e. The van der Waals surface area contributed by atoms with Crippen molar-refractivity contribution in [3.63, 3.8) is 0 Å². The molecule has 2 unspecified atom stereocenters. The van der Waals surface area contributed by atoms with Crippen molar-refractivity contribution in [2.24, 2.45) is 11.8 Å². The summed E-state index contributed by atoms with van der Waals surface area (Å²) in [5, 5.41) is 1.07. The molecular weight excluding hydrogens is 274 g/mol. The van der Waals surface area contributed by atoms with Gasteiger partial charge in [0, 0.05) is 5.38 Å². The van der Waals surface area contributed by atoms with Crippen LogP contribution in [0.5, 0.6) is 0 Å². The minimum atomic E-state index is -0.790. The molecule has 2 aliphatic carbocycles.